The van der Waals surface area contributed by atoms with E-state index in [-0.39, 0.29) is 47.8 Å². The van der Waals surface area contributed by atoms with Crippen LogP contribution in [0.25, 0.3) is 0 Å². The van der Waals surface area contributed by atoms with E-state index in [1.807, 2.05) is 26.8 Å². The first-order chi connectivity index (χ1) is 24.1. The number of hydrogen-bond donors (Lipinski definition) is 4. The number of hydrogen-bond acceptors (Lipinski definition) is 10. The number of aromatic nitrogens is 2. The van der Waals surface area contributed by atoms with E-state index < -0.39 is 0 Å². The predicted molar refractivity (Wildman–Crippen MR) is 194 cm³/mol. The summed E-state index contributed by atoms with van der Waals surface area (Å²) in [5.74, 6) is 0.228. The number of guanidine groups is 2. The van der Waals surface area contributed by atoms with Crippen LogP contribution in [0.15, 0.2) is 32.3 Å². The highest BCUT2D eigenvalue weighted by molar-refractivity contribution is 6.47. The van der Waals surface area contributed by atoms with Gasteiger partial charge in [-0.15, -0.1) is 0 Å². The lowest BCUT2D eigenvalue weighted by atomic mass is 9.82. The Kier molecular flexibility index (Phi) is 11.2. The van der Waals surface area contributed by atoms with Crippen LogP contribution in [0.2, 0.25) is 0 Å². The Morgan fingerprint density at radius 3 is 2.22 bits per heavy atom. The van der Waals surface area contributed by atoms with Crippen molar-refractivity contribution in [1.29, 1.82) is 0 Å². The second-order valence-electron chi connectivity index (χ2n) is 14.6. The molecule has 50 heavy (non-hydrogen) atoms. The van der Waals surface area contributed by atoms with Crippen molar-refractivity contribution in [3.63, 3.8) is 0 Å². The molecule has 3 aliphatic heterocycles. The van der Waals surface area contributed by atoms with E-state index in [4.69, 9.17) is 21.5 Å². The molecule has 6 N–H and O–H groups in total. The maximum Gasteiger partial charge on any atom is 0.276 e. The van der Waals surface area contributed by atoms with Gasteiger partial charge in [0, 0.05) is 43.4 Å². The number of rotatable bonds is 2. The van der Waals surface area contributed by atoms with Crippen molar-refractivity contribution < 1.29 is 14.4 Å². The van der Waals surface area contributed by atoms with Crippen LogP contribution in [-0.4, -0.2) is 98.7 Å². The van der Waals surface area contributed by atoms with E-state index in [1.54, 1.807) is 4.68 Å². The highest BCUT2D eigenvalue weighted by atomic mass is 16.2. The Morgan fingerprint density at radius 2 is 1.52 bits per heavy atom. The third-order valence-electron chi connectivity index (χ3n) is 11.0. The summed E-state index contributed by atoms with van der Waals surface area (Å²) in [6.45, 7) is 8.16. The van der Waals surface area contributed by atoms with Crippen molar-refractivity contribution in [2.45, 2.75) is 135 Å². The number of allylic oxidation sites excluding steroid dienone is 1. The van der Waals surface area contributed by atoms with Gasteiger partial charge in [0.2, 0.25) is 17.8 Å². The van der Waals surface area contributed by atoms with Crippen LogP contribution in [0.5, 0.6) is 0 Å². The topological polar surface area (TPSA) is 189 Å². The molecule has 0 aromatic carbocycles. The van der Waals surface area contributed by atoms with Crippen LogP contribution in [0.3, 0.4) is 0 Å². The lowest BCUT2D eigenvalue weighted by molar-refractivity contribution is -0.123. The van der Waals surface area contributed by atoms with Crippen LogP contribution in [-0.2, 0) is 16.1 Å². The van der Waals surface area contributed by atoms with Gasteiger partial charge in [-0.05, 0) is 91.0 Å². The molecule has 6 rings (SSSR count). The molecule has 0 spiro atoms. The third kappa shape index (κ3) is 7.73. The standard InChI is InChI=1S/C36H55N11O3/c1-4-39-31-25(23(3)37)12-6-5-9-19-47-30(20-22(2)44-47)33(49)42-36-41-27-21-24(32(38)48)15-16-29(27)46(36)18-11-10-17-45-28-14-8-7-13-26(28)40-35(45)43-34(31)50/h20,24,26-29H,4-19,21,37H2,1-3H3,(H2,38,48)(H,40,43,50)(H,41,42,49). The van der Waals surface area contributed by atoms with Gasteiger partial charge in [0.05, 0.1) is 29.9 Å². The molecule has 4 heterocycles. The maximum absolute atomic E-state index is 13.9. The van der Waals surface area contributed by atoms with E-state index in [2.05, 4.69) is 30.5 Å². The molecule has 2 fully saturated rings. The molecule has 1 aromatic heterocycles. The number of amides is 3. The quantitative estimate of drug-likeness (QED) is 0.367. The first-order valence-electron chi connectivity index (χ1n) is 18.8. The van der Waals surface area contributed by atoms with Gasteiger partial charge in [-0.3, -0.25) is 34.7 Å². The van der Waals surface area contributed by atoms with E-state index in [1.165, 1.54) is 0 Å². The van der Waals surface area contributed by atoms with E-state index in [0.717, 1.165) is 88.4 Å². The van der Waals surface area contributed by atoms with Gasteiger partial charge < -0.3 is 21.3 Å². The van der Waals surface area contributed by atoms with Crippen molar-refractivity contribution in [1.82, 2.24) is 30.2 Å². The van der Waals surface area contributed by atoms with Crippen molar-refractivity contribution in [3.8, 4) is 0 Å². The molecule has 0 radical (unpaired) electrons. The summed E-state index contributed by atoms with van der Waals surface area (Å²) in [6, 6.07) is 2.26. The Hall–Kier alpha value is -4.23. The fourth-order valence-corrected chi connectivity index (χ4v) is 8.52. The van der Waals surface area contributed by atoms with Gasteiger partial charge in [-0.25, -0.2) is 9.98 Å². The number of nitrogens with two attached hydrogens (primary N) is 2. The van der Waals surface area contributed by atoms with Gasteiger partial charge in [0.15, 0.2) is 0 Å². The average Bonchev–Trinajstić information content (AvgIpc) is 3.75. The lowest BCUT2D eigenvalue weighted by Crippen LogP contribution is -2.50. The fourth-order valence-electron chi connectivity index (χ4n) is 8.52. The number of fused-ring (bicyclic) bond motifs is 7. The first kappa shape index (κ1) is 35.6. The molecule has 2 saturated carbocycles. The first-order valence-corrected chi connectivity index (χ1v) is 18.8. The Bertz CT molecular complexity index is 1570. The van der Waals surface area contributed by atoms with Gasteiger partial charge in [-0.1, -0.05) is 19.3 Å². The molecule has 0 bridgehead atoms. The normalized spacial score (nSPS) is 30.4. The molecule has 5 aliphatic rings. The van der Waals surface area contributed by atoms with Gasteiger partial charge in [0.1, 0.15) is 11.4 Å². The molecule has 5 atom stereocenters. The molecule has 5 unspecified atom stereocenters. The molecule has 14 heteroatoms. The Morgan fingerprint density at radius 1 is 0.860 bits per heavy atom. The summed E-state index contributed by atoms with van der Waals surface area (Å²) in [5, 5.41) is 11.0. The van der Waals surface area contributed by atoms with Crippen LogP contribution >= 0.6 is 0 Å². The van der Waals surface area contributed by atoms with Crippen molar-refractivity contribution >= 4 is 35.4 Å². The molecule has 272 valence electrons. The molecule has 3 amide bonds. The fraction of sp³-hybridized carbons (Fsp3) is 0.694. The molecule has 1 aromatic rings. The molecule has 2 aliphatic carbocycles. The Labute approximate surface area is 295 Å². The number of aliphatic imine (C=N–C) groups is 3. The average molecular weight is 690 g/mol. The minimum atomic E-state index is -0.281. The number of carbonyl (C=O) groups excluding carboxylic acids is 3. The van der Waals surface area contributed by atoms with Gasteiger partial charge >= 0.3 is 0 Å². The SMILES string of the molecule is CCN=C1C(=O)NC2=NC3CCCCC3N2CCCCN2C(=NC3CC(C(N)=O)CCC32)NC(=O)c2cc(C)nn2CCCCCC1=C(C)N. The molecule has 14 nitrogen and oxygen atoms in total. The van der Waals surface area contributed by atoms with Crippen LogP contribution < -0.4 is 22.1 Å². The number of carbonyl (C=O) groups is 3. The smallest absolute Gasteiger partial charge is 0.276 e. The largest absolute Gasteiger partial charge is 0.402 e. The number of primary amides is 1. The van der Waals surface area contributed by atoms with Crippen LogP contribution in [0.4, 0.5) is 0 Å². The second-order valence-corrected chi connectivity index (χ2v) is 14.6. The monoisotopic (exact) mass is 689 g/mol. The van der Waals surface area contributed by atoms with Crippen LogP contribution in [0, 0.1) is 12.8 Å². The summed E-state index contributed by atoms with van der Waals surface area (Å²) in [6.07, 6.45) is 11.3. The molecular formula is C36H55N11O3. The zero-order valence-electron chi connectivity index (χ0n) is 30.0. The summed E-state index contributed by atoms with van der Waals surface area (Å²) in [5.41, 5.74) is 15.1. The number of nitrogens with zero attached hydrogens (tertiary/aromatic N) is 7. The molecule has 0 saturated heterocycles. The van der Waals surface area contributed by atoms with E-state index >= 15 is 0 Å². The highest BCUT2D eigenvalue weighted by Crippen LogP contribution is 2.35. The van der Waals surface area contributed by atoms with E-state index in [0.29, 0.717) is 61.5 Å². The van der Waals surface area contributed by atoms with Crippen molar-refractivity contribution in [3.05, 3.63) is 28.7 Å². The zero-order chi connectivity index (χ0) is 35.4. The van der Waals surface area contributed by atoms with Crippen molar-refractivity contribution in [2.75, 3.05) is 19.6 Å². The summed E-state index contributed by atoms with van der Waals surface area (Å²) >= 11 is 0. The zero-order valence-corrected chi connectivity index (χ0v) is 30.0. The van der Waals surface area contributed by atoms with Gasteiger partial charge in [0.25, 0.3) is 11.8 Å². The predicted octanol–water partition coefficient (Wildman–Crippen LogP) is 2.76. The Balaban J connectivity index is 1.27. The molecular weight excluding hydrogens is 634 g/mol. The highest BCUT2D eigenvalue weighted by Gasteiger charge is 2.43. The van der Waals surface area contributed by atoms with Gasteiger partial charge in [-0.2, -0.15) is 5.10 Å². The third-order valence-corrected chi connectivity index (χ3v) is 11.0. The lowest BCUT2D eigenvalue weighted by Gasteiger charge is -2.36. The maximum atomic E-state index is 13.9. The van der Waals surface area contributed by atoms with E-state index in [9.17, 15) is 14.4 Å². The summed E-state index contributed by atoms with van der Waals surface area (Å²) in [4.78, 5) is 59.1. The summed E-state index contributed by atoms with van der Waals surface area (Å²) in [7, 11) is 0. The van der Waals surface area contributed by atoms with Crippen LogP contribution in [0.1, 0.15) is 114 Å². The number of nitrogens with one attached hydrogen (secondary N) is 2. The van der Waals surface area contributed by atoms with Crippen molar-refractivity contribution in [2.24, 2.45) is 32.4 Å². The minimum absolute atomic E-state index is 0.0978. The minimum Gasteiger partial charge on any atom is -0.402 e. The summed E-state index contributed by atoms with van der Waals surface area (Å²) < 4.78 is 1.78. The second kappa shape index (κ2) is 15.8. The number of aryl methyl sites for hydroxylation is 2.